The fourth-order valence-corrected chi connectivity index (χ4v) is 3.45. The second-order valence-corrected chi connectivity index (χ2v) is 8.86. The van der Waals surface area contributed by atoms with Crippen LogP contribution in [0.4, 0.5) is 0 Å². The molecule has 23 heavy (non-hydrogen) atoms. The Labute approximate surface area is 156 Å². The quantitative estimate of drug-likeness (QED) is 0.588. The van der Waals surface area contributed by atoms with E-state index in [0.29, 0.717) is 0 Å². The van der Waals surface area contributed by atoms with Gasteiger partial charge in [0.25, 0.3) is 0 Å². The predicted molar refractivity (Wildman–Crippen MR) is 117 cm³/mol. The summed E-state index contributed by atoms with van der Waals surface area (Å²) in [7, 11) is 44.4. The molecule has 0 bridgehead atoms. The molecule has 0 saturated heterocycles. The molecule has 0 saturated carbocycles. The van der Waals surface area contributed by atoms with E-state index in [1.54, 1.807) is 7.17 Å². The van der Waals surface area contributed by atoms with Gasteiger partial charge in [-0.1, -0.05) is 64.8 Å². The van der Waals surface area contributed by atoms with Crippen molar-refractivity contribution >= 4 is 80.8 Å². The minimum atomic E-state index is -0.676. The topological polar surface area (TPSA) is 0 Å². The normalized spacial score (nSPS) is 17.7. The lowest BCUT2D eigenvalue weighted by molar-refractivity contribution is 0.317. The van der Waals surface area contributed by atoms with Crippen LogP contribution in [0.3, 0.4) is 0 Å². The first-order valence-corrected chi connectivity index (χ1v) is 8.24. The Morgan fingerprint density at radius 3 is 1.48 bits per heavy atom. The maximum Gasteiger partial charge on any atom is 0.0700 e. The molecule has 0 fully saturated rings. The summed E-state index contributed by atoms with van der Waals surface area (Å²) in [5.41, 5.74) is -0.373. The average molecular weight is 285 g/mol. The maximum absolute atomic E-state index is 6.48. The van der Waals surface area contributed by atoms with Crippen LogP contribution in [0.25, 0.3) is 0 Å². The van der Waals surface area contributed by atoms with Crippen LogP contribution >= 0.6 is 0 Å². The number of rotatable bonds is 7. The van der Waals surface area contributed by atoms with Gasteiger partial charge in [0.15, 0.2) is 0 Å². The standard InChI is InChI=1S/C12H22B11/c1-11(2,3)9(13)7(20-14)8(21(15)16)10(12(4,5)6)22(17)23(18)19/h7-10H,1-6H3/t7?,8-,9?,10?/m0/s1. The smallest absolute Gasteiger partial charge is 0.0700 e. The lowest BCUT2D eigenvalue weighted by atomic mass is 8.83. The van der Waals surface area contributed by atoms with Gasteiger partial charge < -0.3 is 0 Å². The summed E-state index contributed by atoms with van der Waals surface area (Å²) in [5, 5.41) is 0. The van der Waals surface area contributed by atoms with Crippen LogP contribution in [0.2, 0.25) is 23.3 Å². The largest absolute Gasteiger partial charge is 0.0887 e. The summed E-state index contributed by atoms with van der Waals surface area (Å²) in [5.74, 6) is -0.804. The van der Waals surface area contributed by atoms with E-state index in [0.717, 1.165) is 0 Å². The molecule has 0 rings (SSSR count). The first-order chi connectivity index (χ1) is 10.2. The van der Waals surface area contributed by atoms with Crippen molar-refractivity contribution in [1.29, 1.82) is 0 Å². The minimum absolute atomic E-state index is 0.138. The molecular formula is C12H22B11. The molecule has 0 aliphatic heterocycles. The molecule has 0 aromatic carbocycles. The molecule has 0 aromatic rings. The van der Waals surface area contributed by atoms with Crippen molar-refractivity contribution in [2.75, 3.05) is 0 Å². The Hall–Kier alpha value is 0.714. The van der Waals surface area contributed by atoms with Crippen molar-refractivity contribution in [3.8, 4) is 0 Å². The predicted octanol–water partition coefficient (Wildman–Crippen LogP) is 0.241. The third kappa shape index (κ3) is 6.50. The number of hydrogen-bond donors (Lipinski definition) is 0. The second kappa shape index (κ2) is 8.89. The molecule has 0 spiro atoms. The van der Waals surface area contributed by atoms with Gasteiger partial charge in [0.2, 0.25) is 0 Å². The molecule has 103 valence electrons. The first kappa shape index (κ1) is 23.7. The molecule has 0 aliphatic rings. The average Bonchev–Trinajstić information content (AvgIpc) is 2.34. The Morgan fingerprint density at radius 2 is 1.26 bits per heavy atom. The lowest BCUT2D eigenvalue weighted by Crippen LogP contribution is -2.52. The van der Waals surface area contributed by atoms with Crippen molar-refractivity contribution in [3.63, 3.8) is 0 Å². The third-order valence-electron chi connectivity index (χ3n) is 4.80. The summed E-state index contributed by atoms with van der Waals surface area (Å²) < 4.78 is 0. The first-order valence-electron chi connectivity index (χ1n) is 8.24. The lowest BCUT2D eigenvalue weighted by Gasteiger charge is -2.51. The summed E-state index contributed by atoms with van der Waals surface area (Å²) in [4.78, 5) is 0. The van der Waals surface area contributed by atoms with Gasteiger partial charge in [0, 0.05) is 65.8 Å². The van der Waals surface area contributed by atoms with Gasteiger partial charge in [-0.2, -0.15) is 0 Å². The Balaban J connectivity index is 5.96. The highest BCUT2D eigenvalue weighted by Gasteiger charge is 2.44. The molecule has 4 atom stereocenters. The van der Waals surface area contributed by atoms with Gasteiger partial charge in [-0.3, -0.25) is 0 Å². The van der Waals surface area contributed by atoms with Crippen molar-refractivity contribution in [2.45, 2.75) is 64.8 Å². The van der Waals surface area contributed by atoms with Crippen molar-refractivity contribution in [3.05, 3.63) is 0 Å². The molecular weight excluding hydrogens is 263 g/mol. The molecule has 0 aliphatic carbocycles. The zero-order chi connectivity index (χ0) is 18.7. The fourth-order valence-electron chi connectivity index (χ4n) is 3.45. The van der Waals surface area contributed by atoms with Crippen LogP contribution in [-0.4, -0.2) is 80.8 Å². The Morgan fingerprint density at radius 1 is 0.826 bits per heavy atom. The second-order valence-electron chi connectivity index (χ2n) is 8.86. The van der Waals surface area contributed by atoms with E-state index in [9.17, 15) is 0 Å². The minimum Gasteiger partial charge on any atom is -0.0887 e. The van der Waals surface area contributed by atoms with E-state index >= 15 is 0 Å². The van der Waals surface area contributed by atoms with Crippen molar-refractivity contribution in [1.82, 2.24) is 0 Å². The van der Waals surface area contributed by atoms with Crippen LogP contribution in [0.15, 0.2) is 0 Å². The van der Waals surface area contributed by atoms with E-state index in [1.807, 2.05) is 0 Å². The van der Waals surface area contributed by atoms with E-state index < -0.39 is 19.4 Å². The summed E-state index contributed by atoms with van der Waals surface area (Å²) in [6.45, 7) is 11.3. The zero-order valence-electron chi connectivity index (χ0n) is 15.7. The highest BCUT2D eigenvalue weighted by Crippen LogP contribution is 2.54. The molecule has 0 heterocycles. The van der Waals surface area contributed by atoms with Gasteiger partial charge >= 0.3 is 0 Å². The Kier molecular flexibility index (Phi) is 9.16. The van der Waals surface area contributed by atoms with Gasteiger partial charge in [-0.15, -0.1) is 0 Å². The number of hydrogen-bond acceptors (Lipinski definition) is 0. The van der Waals surface area contributed by atoms with Gasteiger partial charge in [0.1, 0.15) is 0 Å². The molecule has 11 heteroatoms. The fraction of sp³-hybridized carbons (Fsp3) is 1.00. The molecule has 0 nitrogen and oxygen atoms in total. The van der Waals surface area contributed by atoms with Gasteiger partial charge in [-0.25, -0.2) is 0 Å². The maximum atomic E-state index is 6.48. The van der Waals surface area contributed by atoms with Crippen LogP contribution < -0.4 is 0 Å². The van der Waals surface area contributed by atoms with Crippen molar-refractivity contribution < 1.29 is 0 Å². The van der Waals surface area contributed by atoms with E-state index in [2.05, 4.69) is 41.5 Å². The molecule has 0 N–H and O–H groups in total. The van der Waals surface area contributed by atoms with Gasteiger partial charge in [0.05, 0.1) is 15.0 Å². The van der Waals surface area contributed by atoms with E-state index in [4.69, 9.17) is 54.3 Å². The highest BCUT2D eigenvalue weighted by atomic mass is 14.3. The Bertz CT molecular complexity index is 346. The van der Waals surface area contributed by atoms with Crippen LogP contribution in [0, 0.1) is 10.8 Å². The summed E-state index contributed by atoms with van der Waals surface area (Å²) >= 11 is 0. The van der Waals surface area contributed by atoms with Gasteiger partial charge in [-0.05, 0) is 10.8 Å². The molecule has 0 amide bonds. The monoisotopic (exact) mass is 287 g/mol. The zero-order valence-corrected chi connectivity index (χ0v) is 15.7. The van der Waals surface area contributed by atoms with Crippen LogP contribution in [0.5, 0.6) is 0 Å². The molecule has 3 unspecified atom stereocenters. The van der Waals surface area contributed by atoms with E-state index in [-0.39, 0.29) is 34.1 Å². The molecule has 0 aromatic heterocycles. The summed E-state index contributed by atoms with van der Waals surface area (Å²) in [6, 6.07) is 0. The van der Waals surface area contributed by atoms with E-state index in [1.165, 1.54) is 0 Å². The third-order valence-corrected chi connectivity index (χ3v) is 4.80. The van der Waals surface area contributed by atoms with Crippen molar-refractivity contribution in [2.24, 2.45) is 10.8 Å². The summed E-state index contributed by atoms with van der Waals surface area (Å²) in [6.07, 6.45) is -0.676. The molecule has 15 radical (unpaired) electrons. The highest BCUT2D eigenvalue weighted by molar-refractivity contribution is 7.67. The SMILES string of the molecule is [B][B]C(C([B])C(C)(C)C)[C@H](B([B])[B])C(B([B])B([B])[B])C(C)(C)C. The van der Waals surface area contributed by atoms with Crippen LogP contribution in [-0.2, 0) is 0 Å². The van der Waals surface area contributed by atoms with Crippen LogP contribution in [0.1, 0.15) is 41.5 Å².